The molecule has 0 aliphatic carbocycles. The number of benzene rings is 2. The summed E-state index contributed by atoms with van der Waals surface area (Å²) in [6, 6.07) is 18.7. The highest BCUT2D eigenvalue weighted by atomic mass is 16.5. The molecule has 3 N–H and O–H groups in total. The van der Waals surface area contributed by atoms with Gasteiger partial charge in [0.2, 0.25) is 5.76 Å². The molecular formula is C23H30O5. The van der Waals surface area contributed by atoms with E-state index in [4.69, 9.17) is 20.1 Å². The highest BCUT2D eigenvalue weighted by Crippen LogP contribution is 2.13. The number of hydrogen-bond acceptors (Lipinski definition) is 4. The fourth-order valence-electron chi connectivity index (χ4n) is 2.69. The molecule has 5 heteroatoms. The Labute approximate surface area is 166 Å². The van der Waals surface area contributed by atoms with Crippen molar-refractivity contribution in [3.63, 3.8) is 0 Å². The Balaban J connectivity index is 0.000000370. The number of aliphatic carboxylic acids is 1. The normalized spacial score (nSPS) is 14.2. The lowest BCUT2D eigenvalue weighted by Gasteiger charge is -2.20. The lowest BCUT2D eigenvalue weighted by molar-refractivity contribution is -0.136. The highest BCUT2D eigenvalue weighted by molar-refractivity contribution is 5.89. The Morgan fingerprint density at radius 1 is 0.964 bits per heavy atom. The van der Waals surface area contributed by atoms with Crippen molar-refractivity contribution in [3.05, 3.63) is 77.5 Å². The van der Waals surface area contributed by atoms with Crippen LogP contribution < -0.4 is 0 Å². The van der Waals surface area contributed by atoms with Crippen molar-refractivity contribution >= 4 is 12.0 Å². The predicted molar refractivity (Wildman–Crippen MR) is 110 cm³/mol. The van der Waals surface area contributed by atoms with Gasteiger partial charge in [0.25, 0.3) is 0 Å². The van der Waals surface area contributed by atoms with Crippen LogP contribution in [-0.4, -0.2) is 33.5 Å². The minimum atomic E-state index is -1.07. The van der Waals surface area contributed by atoms with Crippen LogP contribution in [0.1, 0.15) is 38.3 Å². The molecule has 0 radical (unpaired) electrons. The summed E-state index contributed by atoms with van der Waals surface area (Å²) in [7, 11) is 0. The standard InChI is InChI=1S/C16H14O3.C7H16O2/c17-16(18)15(11-13-7-3-1-4-8-13)19-12-14-9-5-2-6-10-14;1-4-7(5(2)8)6(3)9/h1-11H,12H2,(H,17,18);5-9H,4H2,1-3H3/t;5-,6+,7?. The second kappa shape index (κ2) is 12.7. The van der Waals surface area contributed by atoms with Gasteiger partial charge in [0.15, 0.2) is 0 Å². The Morgan fingerprint density at radius 2 is 1.46 bits per heavy atom. The molecule has 2 aromatic rings. The maximum atomic E-state index is 11.1. The molecule has 0 bridgehead atoms. The number of rotatable bonds is 8. The van der Waals surface area contributed by atoms with Crippen molar-refractivity contribution in [2.75, 3.05) is 0 Å². The third-order valence-electron chi connectivity index (χ3n) is 4.26. The first-order valence-corrected chi connectivity index (χ1v) is 9.38. The maximum Gasteiger partial charge on any atom is 0.371 e. The molecule has 0 aliphatic rings. The fourth-order valence-corrected chi connectivity index (χ4v) is 2.69. The average molecular weight is 386 g/mol. The number of carboxylic acid groups (broad SMARTS) is 1. The fraction of sp³-hybridized carbons (Fsp3) is 0.348. The third kappa shape index (κ3) is 8.84. The van der Waals surface area contributed by atoms with Crippen molar-refractivity contribution in [1.29, 1.82) is 0 Å². The molecule has 5 nitrogen and oxygen atoms in total. The molecule has 2 rings (SSSR count). The van der Waals surface area contributed by atoms with Crippen LogP contribution in [0.5, 0.6) is 0 Å². The van der Waals surface area contributed by atoms with Gasteiger partial charge in [0.1, 0.15) is 6.61 Å². The zero-order chi connectivity index (χ0) is 20.9. The second-order valence-electron chi connectivity index (χ2n) is 6.55. The van der Waals surface area contributed by atoms with E-state index in [1.807, 2.05) is 67.6 Å². The topological polar surface area (TPSA) is 87.0 Å². The van der Waals surface area contributed by atoms with Crippen LogP contribution in [0.4, 0.5) is 0 Å². The lowest BCUT2D eigenvalue weighted by Crippen LogP contribution is -2.26. The van der Waals surface area contributed by atoms with Crippen molar-refractivity contribution in [3.8, 4) is 0 Å². The van der Waals surface area contributed by atoms with E-state index in [9.17, 15) is 4.79 Å². The molecule has 0 amide bonds. The summed E-state index contributed by atoms with van der Waals surface area (Å²) < 4.78 is 5.36. The summed E-state index contributed by atoms with van der Waals surface area (Å²) in [6.07, 6.45) is 1.56. The largest absolute Gasteiger partial charge is 0.482 e. The van der Waals surface area contributed by atoms with Crippen LogP contribution in [0.15, 0.2) is 66.4 Å². The van der Waals surface area contributed by atoms with Gasteiger partial charge < -0.3 is 20.1 Å². The first kappa shape index (κ1) is 23.4. The molecule has 0 saturated heterocycles. The number of carboxylic acids is 1. The predicted octanol–water partition coefficient (Wildman–Crippen LogP) is 4.10. The minimum Gasteiger partial charge on any atom is -0.482 e. The van der Waals surface area contributed by atoms with E-state index >= 15 is 0 Å². The number of hydrogen-bond donors (Lipinski definition) is 3. The van der Waals surface area contributed by atoms with Gasteiger partial charge in [-0.1, -0.05) is 67.6 Å². The van der Waals surface area contributed by atoms with E-state index < -0.39 is 18.2 Å². The zero-order valence-electron chi connectivity index (χ0n) is 16.7. The summed E-state index contributed by atoms with van der Waals surface area (Å²) in [5, 5.41) is 27.2. The van der Waals surface area contributed by atoms with Crippen LogP contribution in [0.3, 0.4) is 0 Å². The SMILES string of the molecule is CCC([C@H](C)O)[C@@H](C)O.O=C(O)C(=Cc1ccccc1)OCc1ccccc1. The van der Waals surface area contributed by atoms with Gasteiger partial charge in [0.05, 0.1) is 12.2 Å². The molecule has 1 unspecified atom stereocenters. The summed E-state index contributed by atoms with van der Waals surface area (Å²) in [4.78, 5) is 11.1. The van der Waals surface area contributed by atoms with E-state index in [-0.39, 0.29) is 18.3 Å². The Hall–Kier alpha value is -2.63. The number of aliphatic hydroxyl groups excluding tert-OH is 2. The molecule has 0 spiro atoms. The van der Waals surface area contributed by atoms with Crippen LogP contribution in [-0.2, 0) is 16.1 Å². The van der Waals surface area contributed by atoms with Gasteiger partial charge >= 0.3 is 5.97 Å². The third-order valence-corrected chi connectivity index (χ3v) is 4.26. The van der Waals surface area contributed by atoms with Crippen molar-refractivity contribution in [2.24, 2.45) is 5.92 Å². The van der Waals surface area contributed by atoms with Gasteiger partial charge in [-0.05, 0) is 37.5 Å². The van der Waals surface area contributed by atoms with Crippen molar-refractivity contribution in [1.82, 2.24) is 0 Å². The zero-order valence-corrected chi connectivity index (χ0v) is 16.7. The summed E-state index contributed by atoms with van der Waals surface area (Å²) >= 11 is 0. The molecule has 0 aliphatic heterocycles. The molecule has 0 aromatic heterocycles. The Kier molecular flexibility index (Phi) is 10.6. The second-order valence-corrected chi connectivity index (χ2v) is 6.55. The summed E-state index contributed by atoms with van der Waals surface area (Å²) in [6.45, 7) is 5.62. The molecule has 28 heavy (non-hydrogen) atoms. The average Bonchev–Trinajstić information content (AvgIpc) is 2.67. The minimum absolute atomic E-state index is 0.0324. The van der Waals surface area contributed by atoms with E-state index in [1.165, 1.54) is 6.08 Å². The van der Waals surface area contributed by atoms with E-state index in [0.717, 1.165) is 17.5 Å². The summed E-state index contributed by atoms with van der Waals surface area (Å²) in [5.41, 5.74) is 1.73. The number of ether oxygens (including phenoxy) is 1. The number of carbonyl (C=O) groups is 1. The van der Waals surface area contributed by atoms with E-state index in [0.29, 0.717) is 0 Å². The van der Waals surface area contributed by atoms with Gasteiger partial charge in [-0.15, -0.1) is 0 Å². The quantitative estimate of drug-likeness (QED) is 0.470. The van der Waals surface area contributed by atoms with Crippen molar-refractivity contribution in [2.45, 2.75) is 46.0 Å². The summed E-state index contributed by atoms with van der Waals surface area (Å²) in [5.74, 6) is -1.10. The number of aliphatic hydroxyl groups is 2. The Morgan fingerprint density at radius 3 is 1.86 bits per heavy atom. The van der Waals surface area contributed by atoms with Gasteiger partial charge in [0, 0.05) is 5.92 Å². The lowest BCUT2D eigenvalue weighted by atomic mass is 9.95. The van der Waals surface area contributed by atoms with Crippen LogP contribution in [0, 0.1) is 5.92 Å². The molecule has 2 aromatic carbocycles. The maximum absolute atomic E-state index is 11.1. The first-order chi connectivity index (χ1) is 13.3. The van der Waals surface area contributed by atoms with Gasteiger partial charge in [-0.25, -0.2) is 4.79 Å². The Bertz CT molecular complexity index is 700. The van der Waals surface area contributed by atoms with Crippen LogP contribution in [0.25, 0.3) is 6.08 Å². The molecule has 0 saturated carbocycles. The van der Waals surface area contributed by atoms with E-state index in [2.05, 4.69) is 0 Å². The first-order valence-electron chi connectivity index (χ1n) is 9.38. The molecule has 0 heterocycles. The van der Waals surface area contributed by atoms with Crippen molar-refractivity contribution < 1.29 is 24.9 Å². The van der Waals surface area contributed by atoms with E-state index in [1.54, 1.807) is 13.8 Å². The molecular weight excluding hydrogens is 356 g/mol. The van der Waals surface area contributed by atoms with Gasteiger partial charge in [-0.2, -0.15) is 0 Å². The molecule has 152 valence electrons. The molecule has 0 fully saturated rings. The monoisotopic (exact) mass is 386 g/mol. The highest BCUT2D eigenvalue weighted by Gasteiger charge is 2.17. The van der Waals surface area contributed by atoms with Crippen LogP contribution in [0.2, 0.25) is 0 Å². The smallest absolute Gasteiger partial charge is 0.371 e. The van der Waals surface area contributed by atoms with Gasteiger partial charge in [-0.3, -0.25) is 0 Å². The molecule has 3 atom stereocenters. The van der Waals surface area contributed by atoms with Crippen LogP contribution >= 0.6 is 0 Å².